The van der Waals surface area contributed by atoms with Crippen LogP contribution in [-0.4, -0.2) is 18.2 Å². The van der Waals surface area contributed by atoms with Gasteiger partial charge in [0.25, 0.3) is 0 Å². The second kappa shape index (κ2) is 7.06. The second-order valence-corrected chi connectivity index (χ2v) is 7.88. The molecule has 9 heteroatoms. The average Bonchev–Trinajstić information content (AvgIpc) is 3.02. The summed E-state index contributed by atoms with van der Waals surface area (Å²) >= 11 is 0. The number of aryl methyl sites for hydroxylation is 2. The third kappa shape index (κ3) is 3.81. The van der Waals surface area contributed by atoms with Crippen LogP contribution in [0.4, 0.5) is 13.2 Å². The van der Waals surface area contributed by atoms with Crippen molar-refractivity contribution >= 4 is 10.0 Å². The van der Waals surface area contributed by atoms with E-state index in [4.69, 9.17) is 5.14 Å². The number of rotatable bonds is 4. The van der Waals surface area contributed by atoms with Crippen LogP contribution >= 0.6 is 0 Å². The van der Waals surface area contributed by atoms with Crippen LogP contribution in [0.15, 0.2) is 53.4 Å². The fourth-order valence-electron chi connectivity index (χ4n) is 2.98. The Morgan fingerprint density at radius 2 is 1.54 bits per heavy atom. The number of hydrogen-bond acceptors (Lipinski definition) is 3. The van der Waals surface area contributed by atoms with Gasteiger partial charge in [-0.2, -0.15) is 18.3 Å². The Kier molecular flexibility index (Phi) is 5.07. The van der Waals surface area contributed by atoms with E-state index in [1.165, 1.54) is 24.3 Å². The Hall–Kier alpha value is -2.65. The molecule has 0 amide bonds. The minimum atomic E-state index is -4.61. The monoisotopic (exact) mass is 409 g/mol. The van der Waals surface area contributed by atoms with Crippen LogP contribution in [0.3, 0.4) is 0 Å². The summed E-state index contributed by atoms with van der Waals surface area (Å²) in [4.78, 5) is -0.126. The summed E-state index contributed by atoms with van der Waals surface area (Å²) in [5.41, 5.74) is 0.893. The molecule has 0 aliphatic carbocycles. The predicted molar refractivity (Wildman–Crippen MR) is 99.9 cm³/mol. The molecule has 1 aromatic heterocycles. The topological polar surface area (TPSA) is 78.0 Å². The zero-order valence-electron chi connectivity index (χ0n) is 15.2. The molecule has 5 nitrogen and oxygen atoms in total. The Labute approximate surface area is 160 Å². The van der Waals surface area contributed by atoms with Crippen molar-refractivity contribution < 1.29 is 21.6 Å². The maximum atomic E-state index is 13.9. The summed E-state index contributed by atoms with van der Waals surface area (Å²) in [6.07, 6.45) is -4.61. The molecule has 1 heterocycles. The van der Waals surface area contributed by atoms with Crippen molar-refractivity contribution in [1.29, 1.82) is 0 Å². The molecule has 0 bridgehead atoms. The predicted octanol–water partition coefficient (Wildman–Crippen LogP) is 4.21. The quantitative estimate of drug-likeness (QED) is 0.701. The summed E-state index contributed by atoms with van der Waals surface area (Å²) in [6.45, 7) is 3.45. The maximum Gasteiger partial charge on any atom is 0.433 e. The average molecular weight is 409 g/mol. The number of halogens is 3. The first-order valence-corrected chi connectivity index (χ1v) is 9.95. The highest BCUT2D eigenvalue weighted by Gasteiger charge is 2.40. The summed E-state index contributed by atoms with van der Waals surface area (Å²) in [5, 5.41) is 9.26. The highest BCUT2D eigenvalue weighted by molar-refractivity contribution is 7.89. The van der Waals surface area contributed by atoms with E-state index < -0.39 is 21.9 Å². The lowest BCUT2D eigenvalue weighted by Crippen LogP contribution is -2.14. The Morgan fingerprint density at radius 1 is 1.00 bits per heavy atom. The third-order valence-electron chi connectivity index (χ3n) is 4.32. The first-order chi connectivity index (χ1) is 13.0. The lowest BCUT2D eigenvalue weighted by molar-refractivity contribution is -0.143. The summed E-state index contributed by atoms with van der Waals surface area (Å²) in [6, 6.07) is 12.0. The number of aromatic nitrogens is 2. The maximum absolute atomic E-state index is 13.9. The van der Waals surface area contributed by atoms with E-state index in [0.29, 0.717) is 11.1 Å². The van der Waals surface area contributed by atoms with Crippen molar-refractivity contribution in [3.8, 4) is 22.4 Å². The van der Waals surface area contributed by atoms with Crippen LogP contribution in [-0.2, 0) is 22.7 Å². The molecule has 3 rings (SSSR count). The number of benzene rings is 2. The van der Waals surface area contributed by atoms with Crippen LogP contribution in [0.1, 0.15) is 18.2 Å². The van der Waals surface area contributed by atoms with Crippen molar-refractivity contribution in [2.75, 3.05) is 0 Å². The van der Waals surface area contributed by atoms with Crippen molar-refractivity contribution in [1.82, 2.24) is 9.78 Å². The molecule has 0 spiro atoms. The molecule has 28 heavy (non-hydrogen) atoms. The SMILES string of the molecule is CCn1nc(-c2ccc(S(N)(=O)=O)cc2)c(-c2ccc(C)cc2)c1C(F)(F)F. The molecule has 0 radical (unpaired) electrons. The third-order valence-corrected chi connectivity index (χ3v) is 5.25. The standard InChI is InChI=1S/C19H18F3N3O2S/c1-3-25-18(19(20,21)22)16(13-6-4-12(2)5-7-13)17(24-25)14-8-10-15(11-9-14)28(23,26)27/h4-11H,3H2,1-2H3,(H2,23,26,27). The number of nitrogens with two attached hydrogens (primary N) is 1. The molecule has 3 aromatic rings. The van der Waals surface area contributed by atoms with Crippen molar-refractivity contribution in [2.45, 2.75) is 31.5 Å². The van der Waals surface area contributed by atoms with Gasteiger partial charge in [-0.3, -0.25) is 4.68 Å². The molecule has 0 fully saturated rings. The van der Waals surface area contributed by atoms with E-state index in [-0.39, 0.29) is 22.7 Å². The molecule has 0 atom stereocenters. The zero-order valence-corrected chi connectivity index (χ0v) is 16.0. The molecular weight excluding hydrogens is 391 g/mol. The minimum Gasteiger partial charge on any atom is -0.260 e. The molecular formula is C19H18F3N3O2S. The number of nitrogens with zero attached hydrogens (tertiary/aromatic N) is 2. The smallest absolute Gasteiger partial charge is 0.260 e. The van der Waals surface area contributed by atoms with Gasteiger partial charge >= 0.3 is 6.18 Å². The fourth-order valence-corrected chi connectivity index (χ4v) is 3.49. The zero-order chi connectivity index (χ0) is 20.7. The van der Waals surface area contributed by atoms with E-state index in [9.17, 15) is 21.6 Å². The van der Waals surface area contributed by atoms with Gasteiger partial charge in [-0.1, -0.05) is 42.0 Å². The van der Waals surface area contributed by atoms with Crippen molar-refractivity contribution in [3.05, 3.63) is 59.8 Å². The van der Waals surface area contributed by atoms with E-state index in [1.807, 2.05) is 6.92 Å². The fraction of sp³-hybridized carbons (Fsp3) is 0.211. The molecule has 2 N–H and O–H groups in total. The van der Waals surface area contributed by atoms with Gasteiger partial charge in [-0.05, 0) is 31.5 Å². The molecule has 148 valence electrons. The van der Waals surface area contributed by atoms with Gasteiger partial charge < -0.3 is 0 Å². The van der Waals surface area contributed by atoms with Crippen molar-refractivity contribution in [3.63, 3.8) is 0 Å². The Balaban J connectivity index is 2.29. The number of sulfonamides is 1. The first kappa shape index (κ1) is 20.1. The number of hydrogen-bond donors (Lipinski definition) is 1. The molecule has 0 saturated carbocycles. The highest BCUT2D eigenvalue weighted by atomic mass is 32.2. The second-order valence-electron chi connectivity index (χ2n) is 6.32. The van der Waals surface area contributed by atoms with E-state index in [1.54, 1.807) is 31.2 Å². The Bertz CT molecular complexity index is 1100. The normalized spacial score (nSPS) is 12.4. The van der Waals surface area contributed by atoms with Crippen LogP contribution in [0, 0.1) is 6.92 Å². The summed E-state index contributed by atoms with van der Waals surface area (Å²) in [5.74, 6) is 0. The summed E-state index contributed by atoms with van der Waals surface area (Å²) < 4.78 is 65.4. The number of alkyl halides is 3. The molecule has 0 unspecified atom stereocenters. The largest absolute Gasteiger partial charge is 0.433 e. The first-order valence-electron chi connectivity index (χ1n) is 8.40. The van der Waals surface area contributed by atoms with Gasteiger partial charge in [0.05, 0.1) is 4.90 Å². The van der Waals surface area contributed by atoms with E-state index >= 15 is 0 Å². The van der Waals surface area contributed by atoms with Crippen LogP contribution in [0.2, 0.25) is 0 Å². The molecule has 0 saturated heterocycles. The minimum absolute atomic E-state index is 0.0307. The summed E-state index contributed by atoms with van der Waals surface area (Å²) in [7, 11) is -3.91. The lowest BCUT2D eigenvalue weighted by Gasteiger charge is -2.12. The van der Waals surface area contributed by atoms with Gasteiger partial charge in [-0.25, -0.2) is 13.6 Å². The van der Waals surface area contributed by atoms with Gasteiger partial charge in [-0.15, -0.1) is 0 Å². The van der Waals surface area contributed by atoms with Crippen LogP contribution in [0.5, 0.6) is 0 Å². The van der Waals surface area contributed by atoms with E-state index in [2.05, 4.69) is 5.10 Å². The van der Waals surface area contributed by atoms with Gasteiger partial charge in [0.1, 0.15) is 5.69 Å². The van der Waals surface area contributed by atoms with Gasteiger partial charge in [0.15, 0.2) is 5.69 Å². The van der Waals surface area contributed by atoms with E-state index in [0.717, 1.165) is 10.2 Å². The van der Waals surface area contributed by atoms with Crippen LogP contribution in [0.25, 0.3) is 22.4 Å². The molecule has 2 aromatic carbocycles. The lowest BCUT2D eigenvalue weighted by atomic mass is 9.98. The highest BCUT2D eigenvalue weighted by Crippen LogP contribution is 2.42. The molecule has 0 aliphatic heterocycles. The van der Waals surface area contributed by atoms with Gasteiger partial charge in [0.2, 0.25) is 10.0 Å². The van der Waals surface area contributed by atoms with Crippen LogP contribution < -0.4 is 5.14 Å². The molecule has 0 aliphatic rings. The Morgan fingerprint density at radius 3 is 2.00 bits per heavy atom. The van der Waals surface area contributed by atoms with Gasteiger partial charge in [0, 0.05) is 17.7 Å². The number of primary sulfonamides is 1. The van der Waals surface area contributed by atoms with Crippen molar-refractivity contribution in [2.24, 2.45) is 5.14 Å².